The highest BCUT2D eigenvalue weighted by molar-refractivity contribution is 5.97. The Labute approximate surface area is 124 Å². The van der Waals surface area contributed by atoms with Crippen LogP contribution >= 0.6 is 0 Å². The minimum atomic E-state index is -0.319. The molecule has 1 aromatic carbocycles. The number of nitrogens with zero attached hydrogens (tertiary/aromatic N) is 1. The molecule has 2 aliphatic rings. The van der Waals surface area contributed by atoms with Crippen LogP contribution in [0.15, 0.2) is 23.4 Å². The molecule has 0 aromatic heterocycles. The van der Waals surface area contributed by atoms with E-state index in [-0.39, 0.29) is 11.7 Å². The van der Waals surface area contributed by atoms with Gasteiger partial charge in [-0.2, -0.15) is 0 Å². The maximum atomic E-state index is 14.0. The maximum absolute atomic E-state index is 14.0. The van der Waals surface area contributed by atoms with Gasteiger partial charge in [0.1, 0.15) is 5.82 Å². The maximum Gasteiger partial charge on any atom is 0.170 e. The average molecular weight is 291 g/mol. The van der Waals surface area contributed by atoms with Crippen molar-refractivity contribution in [3.05, 3.63) is 35.1 Å². The predicted octanol–water partition coefficient (Wildman–Crippen LogP) is 2.45. The van der Waals surface area contributed by atoms with Crippen LogP contribution in [0.2, 0.25) is 0 Å². The first-order chi connectivity index (χ1) is 10.2. The van der Waals surface area contributed by atoms with Crippen LogP contribution in [0.1, 0.15) is 36.8 Å². The van der Waals surface area contributed by atoms with Gasteiger partial charge in [-0.25, -0.2) is 4.39 Å². The van der Waals surface area contributed by atoms with Crippen molar-refractivity contribution in [2.45, 2.75) is 32.2 Å². The zero-order valence-electron chi connectivity index (χ0n) is 12.1. The summed E-state index contributed by atoms with van der Waals surface area (Å²) in [5.41, 5.74) is 6.47. The Hall–Kier alpha value is -1.62. The summed E-state index contributed by atoms with van der Waals surface area (Å²) in [4.78, 5) is 0. The molecule has 114 valence electrons. The highest BCUT2D eigenvalue weighted by Crippen LogP contribution is 2.48. The zero-order valence-corrected chi connectivity index (χ0v) is 12.1. The van der Waals surface area contributed by atoms with Gasteiger partial charge >= 0.3 is 0 Å². The Kier molecular flexibility index (Phi) is 4.10. The predicted molar refractivity (Wildman–Crippen MR) is 79.6 cm³/mol. The van der Waals surface area contributed by atoms with Gasteiger partial charge in [-0.15, -0.1) is 0 Å². The first-order valence-electron chi connectivity index (χ1n) is 7.66. The van der Waals surface area contributed by atoms with Gasteiger partial charge in [-0.3, -0.25) is 0 Å². The molecule has 0 unspecified atom stereocenters. The molecule has 3 rings (SSSR count). The number of oxime groups is 1. The number of rotatable bonds is 7. The van der Waals surface area contributed by atoms with Crippen LogP contribution < -0.4 is 11.1 Å². The van der Waals surface area contributed by atoms with Gasteiger partial charge in [0.2, 0.25) is 0 Å². The molecule has 0 saturated heterocycles. The van der Waals surface area contributed by atoms with Crippen LogP contribution in [0.3, 0.4) is 0 Å². The highest BCUT2D eigenvalue weighted by atomic mass is 19.1. The largest absolute Gasteiger partial charge is 0.409 e. The van der Waals surface area contributed by atoms with E-state index >= 15 is 0 Å². The van der Waals surface area contributed by atoms with Gasteiger partial charge in [-0.1, -0.05) is 17.3 Å². The van der Waals surface area contributed by atoms with Gasteiger partial charge in [0, 0.05) is 17.7 Å². The Morgan fingerprint density at radius 1 is 1.33 bits per heavy atom. The first kappa shape index (κ1) is 14.3. The van der Waals surface area contributed by atoms with E-state index in [1.54, 1.807) is 12.1 Å². The Morgan fingerprint density at radius 3 is 2.52 bits per heavy atom. The van der Waals surface area contributed by atoms with Crippen molar-refractivity contribution >= 4 is 5.84 Å². The molecule has 21 heavy (non-hydrogen) atoms. The molecular formula is C16H22FN3O. The van der Waals surface area contributed by atoms with Crippen LogP contribution in [0, 0.1) is 23.6 Å². The third-order valence-electron chi connectivity index (χ3n) is 4.61. The lowest BCUT2D eigenvalue weighted by Gasteiger charge is -2.16. The van der Waals surface area contributed by atoms with Crippen LogP contribution in [-0.2, 0) is 6.54 Å². The molecule has 2 fully saturated rings. The quantitative estimate of drug-likeness (QED) is 0.313. The third kappa shape index (κ3) is 3.53. The summed E-state index contributed by atoms with van der Waals surface area (Å²) in [6.07, 6.45) is 5.47. The average Bonchev–Trinajstić information content (AvgIpc) is 3.37. The molecule has 4 nitrogen and oxygen atoms in total. The molecule has 2 aliphatic carbocycles. The highest BCUT2D eigenvalue weighted by Gasteiger charge is 2.40. The van der Waals surface area contributed by atoms with Crippen molar-refractivity contribution < 1.29 is 9.60 Å². The molecule has 2 saturated carbocycles. The molecule has 0 atom stereocenters. The van der Waals surface area contributed by atoms with E-state index in [9.17, 15) is 4.39 Å². The number of hydrogen-bond donors (Lipinski definition) is 3. The number of nitrogens with one attached hydrogen (secondary N) is 1. The minimum Gasteiger partial charge on any atom is -0.409 e. The summed E-state index contributed by atoms with van der Waals surface area (Å²) in [5, 5.41) is 14.9. The number of hydrogen-bond acceptors (Lipinski definition) is 3. The molecule has 0 spiro atoms. The fraction of sp³-hybridized carbons (Fsp3) is 0.562. The second-order valence-corrected chi connectivity index (χ2v) is 6.26. The monoisotopic (exact) mass is 291 g/mol. The third-order valence-corrected chi connectivity index (χ3v) is 4.61. The molecule has 4 N–H and O–H groups in total. The summed E-state index contributed by atoms with van der Waals surface area (Å²) in [5.74, 6) is 2.19. The SMILES string of the molecule is NC(=NO)c1ccc(CNCC(C2CC2)C2CC2)c(F)c1. The first-order valence-corrected chi connectivity index (χ1v) is 7.66. The van der Waals surface area contributed by atoms with E-state index in [1.807, 2.05) is 0 Å². The lowest BCUT2D eigenvalue weighted by molar-refractivity contribution is 0.318. The van der Waals surface area contributed by atoms with E-state index < -0.39 is 0 Å². The molecule has 0 heterocycles. The fourth-order valence-electron chi connectivity index (χ4n) is 3.05. The summed E-state index contributed by atoms with van der Waals surface area (Å²) >= 11 is 0. The lowest BCUT2D eigenvalue weighted by Crippen LogP contribution is -2.25. The minimum absolute atomic E-state index is 0.0732. The molecule has 0 amide bonds. The van der Waals surface area contributed by atoms with Crippen LogP contribution in [0.25, 0.3) is 0 Å². The van der Waals surface area contributed by atoms with Crippen molar-refractivity contribution in [2.24, 2.45) is 28.6 Å². The molecule has 0 aliphatic heterocycles. The molecular weight excluding hydrogens is 269 g/mol. The summed E-state index contributed by atoms with van der Waals surface area (Å²) in [6.45, 7) is 1.51. The fourth-order valence-corrected chi connectivity index (χ4v) is 3.05. The lowest BCUT2D eigenvalue weighted by atomic mass is 9.98. The van der Waals surface area contributed by atoms with Crippen LogP contribution in [0.5, 0.6) is 0 Å². The Bertz CT molecular complexity index is 526. The number of halogens is 1. The normalized spacial score (nSPS) is 19.2. The molecule has 0 radical (unpaired) electrons. The van der Waals surface area contributed by atoms with Gasteiger partial charge < -0.3 is 16.3 Å². The van der Waals surface area contributed by atoms with Gasteiger partial charge in [0.05, 0.1) is 0 Å². The van der Waals surface area contributed by atoms with Crippen molar-refractivity contribution in [3.63, 3.8) is 0 Å². The number of nitrogens with two attached hydrogens (primary N) is 1. The van der Waals surface area contributed by atoms with Crippen molar-refractivity contribution in [2.75, 3.05) is 6.54 Å². The molecule has 0 bridgehead atoms. The summed E-state index contributed by atoms with van der Waals surface area (Å²) < 4.78 is 14.0. The van der Waals surface area contributed by atoms with Crippen LogP contribution in [-0.4, -0.2) is 17.6 Å². The summed E-state index contributed by atoms with van der Waals surface area (Å²) in [7, 11) is 0. The Balaban J connectivity index is 1.55. The van der Waals surface area contributed by atoms with E-state index in [1.165, 1.54) is 31.7 Å². The second kappa shape index (κ2) is 6.02. The van der Waals surface area contributed by atoms with E-state index in [0.29, 0.717) is 17.7 Å². The molecule has 5 heteroatoms. The standard InChI is InChI=1S/C16H22FN3O/c17-15-7-12(16(18)20-21)5-6-13(15)8-19-9-14(10-1-2-10)11-3-4-11/h5-7,10-11,14,19,21H,1-4,8-9H2,(H2,18,20). The zero-order chi connectivity index (χ0) is 14.8. The van der Waals surface area contributed by atoms with Gasteiger partial charge in [0.25, 0.3) is 0 Å². The topological polar surface area (TPSA) is 70.6 Å². The summed E-state index contributed by atoms with van der Waals surface area (Å²) in [6, 6.07) is 4.68. The van der Waals surface area contributed by atoms with Gasteiger partial charge in [0.15, 0.2) is 5.84 Å². The van der Waals surface area contributed by atoms with Crippen LogP contribution in [0.4, 0.5) is 4.39 Å². The molecule has 1 aromatic rings. The van der Waals surface area contributed by atoms with E-state index in [4.69, 9.17) is 10.9 Å². The van der Waals surface area contributed by atoms with Crippen molar-refractivity contribution in [1.29, 1.82) is 0 Å². The van der Waals surface area contributed by atoms with Crippen molar-refractivity contribution in [1.82, 2.24) is 5.32 Å². The Morgan fingerprint density at radius 2 is 2.00 bits per heavy atom. The second-order valence-electron chi connectivity index (χ2n) is 6.26. The van der Waals surface area contributed by atoms with Gasteiger partial charge in [-0.05, 0) is 56.0 Å². The van der Waals surface area contributed by atoms with E-state index in [2.05, 4.69) is 10.5 Å². The smallest absolute Gasteiger partial charge is 0.170 e. The van der Waals surface area contributed by atoms with E-state index in [0.717, 1.165) is 24.3 Å². The van der Waals surface area contributed by atoms with Crippen molar-refractivity contribution in [3.8, 4) is 0 Å². The number of benzene rings is 1. The number of amidine groups is 1.